The van der Waals surface area contributed by atoms with E-state index in [0.29, 0.717) is 10.5 Å². The van der Waals surface area contributed by atoms with E-state index in [9.17, 15) is 4.39 Å². The second-order valence-electron chi connectivity index (χ2n) is 4.13. The molecule has 2 aromatic carbocycles. The van der Waals surface area contributed by atoms with E-state index in [-0.39, 0.29) is 5.82 Å². The number of H-pyrrole nitrogens is 1. The second-order valence-corrected chi connectivity index (χ2v) is 4.52. The lowest BCUT2D eigenvalue weighted by Gasteiger charge is -2.05. The van der Waals surface area contributed by atoms with Crippen LogP contribution in [-0.4, -0.2) is 16.7 Å². The highest BCUT2D eigenvalue weighted by Gasteiger charge is 2.08. The van der Waals surface area contributed by atoms with Gasteiger partial charge in [0.25, 0.3) is 0 Å². The number of aromatic nitrogens is 2. The molecule has 0 amide bonds. The van der Waals surface area contributed by atoms with E-state index in [0.717, 1.165) is 16.8 Å². The van der Waals surface area contributed by atoms with Crippen molar-refractivity contribution in [2.45, 2.75) is 0 Å². The molecule has 0 saturated carbocycles. The lowest BCUT2D eigenvalue weighted by atomic mass is 10.2. The van der Waals surface area contributed by atoms with Crippen molar-refractivity contribution in [3.8, 4) is 11.4 Å². The first-order valence-corrected chi connectivity index (χ1v) is 6.14. The fourth-order valence-corrected chi connectivity index (χ4v) is 2.40. The molecule has 3 aromatic rings. The number of benzene rings is 2. The molecule has 0 saturated heterocycles. The molecule has 0 spiro atoms. The zero-order valence-corrected chi connectivity index (χ0v) is 11.0. The maximum atomic E-state index is 13.3. The Morgan fingerprint density at radius 3 is 2.79 bits per heavy atom. The molecule has 3 nitrogen and oxygen atoms in total. The van der Waals surface area contributed by atoms with Crippen molar-refractivity contribution in [1.29, 1.82) is 0 Å². The summed E-state index contributed by atoms with van der Waals surface area (Å²) in [6.07, 6.45) is 0. The van der Waals surface area contributed by atoms with Crippen LogP contribution in [0.25, 0.3) is 16.7 Å². The Hall–Kier alpha value is -2.14. The van der Waals surface area contributed by atoms with Crippen molar-refractivity contribution < 1.29 is 9.13 Å². The fourth-order valence-electron chi connectivity index (χ4n) is 2.09. The van der Waals surface area contributed by atoms with Crippen LogP contribution < -0.4 is 4.74 Å². The third-order valence-electron chi connectivity index (χ3n) is 2.96. The summed E-state index contributed by atoms with van der Waals surface area (Å²) in [7, 11) is 1.61. The van der Waals surface area contributed by atoms with Gasteiger partial charge < -0.3 is 9.72 Å². The molecule has 0 bridgehead atoms. The lowest BCUT2D eigenvalue weighted by Crippen LogP contribution is -1.94. The van der Waals surface area contributed by atoms with Crippen LogP contribution in [0.5, 0.6) is 5.75 Å². The van der Waals surface area contributed by atoms with Gasteiger partial charge >= 0.3 is 0 Å². The number of hydrogen-bond donors (Lipinski definition) is 1. The number of hydrogen-bond acceptors (Lipinski definition) is 2. The third kappa shape index (κ3) is 2.02. The molecular formula is C14H11FN2OS. The molecule has 0 fully saturated rings. The molecule has 0 aliphatic carbocycles. The summed E-state index contributed by atoms with van der Waals surface area (Å²) in [4.78, 5) is 3.10. The van der Waals surface area contributed by atoms with Crippen molar-refractivity contribution in [3.05, 3.63) is 53.1 Å². The monoisotopic (exact) mass is 274 g/mol. The molecule has 96 valence electrons. The smallest absolute Gasteiger partial charge is 0.182 e. The molecule has 0 aliphatic rings. The molecule has 5 heteroatoms. The summed E-state index contributed by atoms with van der Waals surface area (Å²) >= 11 is 5.30. The quantitative estimate of drug-likeness (QED) is 0.720. The number of methoxy groups -OCH3 is 1. The number of halogens is 1. The van der Waals surface area contributed by atoms with Crippen LogP contribution in [0, 0.1) is 10.6 Å². The van der Waals surface area contributed by atoms with Gasteiger partial charge in [-0.2, -0.15) is 0 Å². The van der Waals surface area contributed by atoms with Gasteiger partial charge in [-0.05, 0) is 42.5 Å². The average Bonchev–Trinajstić information content (AvgIpc) is 2.73. The first kappa shape index (κ1) is 11.9. The number of fused-ring (bicyclic) bond motifs is 1. The molecule has 1 heterocycles. The zero-order valence-electron chi connectivity index (χ0n) is 10.2. The summed E-state index contributed by atoms with van der Waals surface area (Å²) in [6.45, 7) is 0. The highest BCUT2D eigenvalue weighted by Crippen LogP contribution is 2.23. The van der Waals surface area contributed by atoms with Gasteiger partial charge in [-0.25, -0.2) is 4.39 Å². The van der Waals surface area contributed by atoms with Gasteiger partial charge in [0, 0.05) is 6.07 Å². The second kappa shape index (κ2) is 4.51. The van der Waals surface area contributed by atoms with E-state index in [1.165, 1.54) is 12.1 Å². The van der Waals surface area contributed by atoms with Crippen molar-refractivity contribution in [2.75, 3.05) is 7.11 Å². The Labute approximate surface area is 114 Å². The highest BCUT2D eigenvalue weighted by atomic mass is 32.1. The number of ether oxygens (including phenoxy) is 1. The van der Waals surface area contributed by atoms with Crippen molar-refractivity contribution in [2.24, 2.45) is 0 Å². The van der Waals surface area contributed by atoms with Gasteiger partial charge in [-0.1, -0.05) is 6.07 Å². The molecule has 0 unspecified atom stereocenters. The predicted molar refractivity (Wildman–Crippen MR) is 75.0 cm³/mol. The maximum absolute atomic E-state index is 13.3. The number of nitrogens with zero attached hydrogens (tertiary/aromatic N) is 1. The van der Waals surface area contributed by atoms with E-state index in [1.807, 2.05) is 24.3 Å². The van der Waals surface area contributed by atoms with Crippen LogP contribution in [-0.2, 0) is 0 Å². The third-order valence-corrected chi connectivity index (χ3v) is 3.24. The van der Waals surface area contributed by atoms with Crippen molar-refractivity contribution >= 4 is 23.3 Å². The summed E-state index contributed by atoms with van der Waals surface area (Å²) in [5.41, 5.74) is 2.44. The van der Waals surface area contributed by atoms with E-state index in [4.69, 9.17) is 17.0 Å². The summed E-state index contributed by atoms with van der Waals surface area (Å²) in [5, 5.41) is 0. The van der Waals surface area contributed by atoms with Gasteiger partial charge in [0.15, 0.2) is 4.77 Å². The minimum absolute atomic E-state index is 0.290. The summed E-state index contributed by atoms with van der Waals surface area (Å²) < 4.78 is 20.8. The van der Waals surface area contributed by atoms with Crippen LogP contribution in [0.2, 0.25) is 0 Å². The molecule has 3 rings (SSSR count). The highest BCUT2D eigenvalue weighted by molar-refractivity contribution is 7.71. The van der Waals surface area contributed by atoms with Crippen LogP contribution in [0.1, 0.15) is 0 Å². The normalized spacial score (nSPS) is 10.8. The first-order chi connectivity index (χ1) is 9.19. The summed E-state index contributed by atoms with van der Waals surface area (Å²) in [6, 6.07) is 11.9. The van der Waals surface area contributed by atoms with E-state index in [2.05, 4.69) is 4.98 Å². The number of nitrogens with one attached hydrogen (secondary N) is 1. The van der Waals surface area contributed by atoms with Gasteiger partial charge in [0.05, 0.1) is 23.8 Å². The van der Waals surface area contributed by atoms with Crippen molar-refractivity contribution in [3.63, 3.8) is 0 Å². The Kier molecular flexibility index (Phi) is 2.83. The molecule has 0 atom stereocenters. The minimum Gasteiger partial charge on any atom is -0.497 e. The van der Waals surface area contributed by atoms with Crippen molar-refractivity contribution in [1.82, 2.24) is 9.55 Å². The van der Waals surface area contributed by atoms with E-state index < -0.39 is 0 Å². The van der Waals surface area contributed by atoms with Gasteiger partial charge in [-0.3, -0.25) is 4.57 Å². The first-order valence-electron chi connectivity index (χ1n) is 5.74. The molecular weight excluding hydrogens is 263 g/mol. The SMILES string of the molecule is COc1ccc2c(c1)[nH]c(=S)n2-c1cccc(F)c1. The topological polar surface area (TPSA) is 29.9 Å². The van der Waals surface area contributed by atoms with E-state index >= 15 is 0 Å². The van der Waals surface area contributed by atoms with Gasteiger partial charge in [0.1, 0.15) is 11.6 Å². The van der Waals surface area contributed by atoms with Crippen LogP contribution >= 0.6 is 12.2 Å². The number of rotatable bonds is 2. The minimum atomic E-state index is -0.290. The Balaban J connectivity index is 2.29. The lowest BCUT2D eigenvalue weighted by molar-refractivity contribution is 0.415. The molecule has 19 heavy (non-hydrogen) atoms. The fraction of sp³-hybridized carbons (Fsp3) is 0.0714. The largest absolute Gasteiger partial charge is 0.497 e. The Morgan fingerprint density at radius 1 is 1.21 bits per heavy atom. The predicted octanol–water partition coefficient (Wildman–Crippen LogP) is 3.84. The van der Waals surface area contributed by atoms with Crippen LogP contribution in [0.15, 0.2) is 42.5 Å². The molecule has 1 N–H and O–H groups in total. The maximum Gasteiger partial charge on any atom is 0.182 e. The summed E-state index contributed by atoms with van der Waals surface area (Å²) in [5.74, 6) is 0.456. The molecule has 0 radical (unpaired) electrons. The van der Waals surface area contributed by atoms with Crippen LogP contribution in [0.3, 0.4) is 0 Å². The number of imidazole rings is 1. The zero-order chi connectivity index (χ0) is 13.4. The molecule has 0 aliphatic heterocycles. The van der Waals surface area contributed by atoms with E-state index in [1.54, 1.807) is 17.7 Å². The number of aromatic amines is 1. The standard InChI is InChI=1S/C14H11FN2OS/c1-18-11-5-6-13-12(8-11)16-14(19)17(13)10-4-2-3-9(15)7-10/h2-8H,1H3,(H,16,19). The van der Waals surface area contributed by atoms with Gasteiger partial charge in [-0.15, -0.1) is 0 Å². The average molecular weight is 274 g/mol. The Morgan fingerprint density at radius 2 is 2.05 bits per heavy atom. The van der Waals surface area contributed by atoms with Crippen LogP contribution in [0.4, 0.5) is 4.39 Å². The molecule has 1 aromatic heterocycles. The Bertz CT molecular complexity index is 807. The van der Waals surface area contributed by atoms with Gasteiger partial charge in [0.2, 0.25) is 0 Å².